The Bertz CT molecular complexity index is 895. The molecule has 1 aliphatic carbocycles. The van der Waals surface area contributed by atoms with Gasteiger partial charge in [-0.2, -0.15) is 0 Å². The molecule has 1 aromatic carbocycles. The van der Waals surface area contributed by atoms with Gasteiger partial charge in [-0.3, -0.25) is 10.2 Å². The minimum Gasteiger partial charge on any atom is -0.465 e. The lowest BCUT2D eigenvalue weighted by Gasteiger charge is -2.08. The normalized spacial score (nSPS) is 13.3. The summed E-state index contributed by atoms with van der Waals surface area (Å²) in [5.41, 5.74) is 3.62. The van der Waals surface area contributed by atoms with Crippen LogP contribution in [0.15, 0.2) is 35.2 Å². The maximum Gasteiger partial charge on any atom is 0.337 e. The molecule has 0 saturated heterocycles. The second-order valence-corrected chi connectivity index (χ2v) is 8.31. The van der Waals surface area contributed by atoms with E-state index in [4.69, 9.17) is 0 Å². The number of hydrogen-bond donors (Lipinski definition) is 2. The van der Waals surface area contributed by atoms with E-state index >= 15 is 0 Å². The zero-order valence-electron chi connectivity index (χ0n) is 13.4. The van der Waals surface area contributed by atoms with Crippen molar-refractivity contribution in [3.8, 4) is 0 Å². The van der Waals surface area contributed by atoms with Gasteiger partial charge in [-0.15, -0.1) is 16.2 Å². The summed E-state index contributed by atoms with van der Waals surface area (Å²) < 4.78 is 29.0. The number of benzene rings is 1. The fourth-order valence-corrected chi connectivity index (χ4v) is 4.55. The fourth-order valence-electron chi connectivity index (χ4n) is 2.56. The molecule has 0 radical (unpaired) electrons. The Labute approximate surface area is 149 Å². The Morgan fingerprint density at radius 1 is 1.16 bits per heavy atom. The van der Waals surface area contributed by atoms with Crippen molar-refractivity contribution in [1.82, 2.24) is 10.3 Å². The minimum absolute atomic E-state index is 0.0749. The van der Waals surface area contributed by atoms with Crippen LogP contribution in [0.4, 0.5) is 0 Å². The van der Waals surface area contributed by atoms with E-state index in [1.165, 1.54) is 47.6 Å². The van der Waals surface area contributed by atoms with Crippen molar-refractivity contribution < 1.29 is 22.7 Å². The molecule has 0 spiro atoms. The van der Waals surface area contributed by atoms with Gasteiger partial charge in [0.2, 0.25) is 0 Å². The summed E-state index contributed by atoms with van der Waals surface area (Å²) in [4.78, 5) is 27.1. The summed E-state index contributed by atoms with van der Waals surface area (Å²) in [7, 11) is -2.70. The molecule has 1 heterocycles. The van der Waals surface area contributed by atoms with Gasteiger partial charge < -0.3 is 4.74 Å². The number of carbonyl (C=O) groups is 2. The number of rotatable bonds is 5. The highest BCUT2D eigenvalue weighted by Crippen LogP contribution is 2.30. The number of ether oxygens (including phenoxy) is 1. The number of aryl methyl sites for hydroxylation is 2. The Morgan fingerprint density at radius 2 is 1.88 bits per heavy atom. The summed E-state index contributed by atoms with van der Waals surface area (Å²) in [6.07, 6.45) is 3.01. The largest absolute Gasteiger partial charge is 0.465 e. The summed E-state index contributed by atoms with van der Waals surface area (Å²) in [5, 5.41) is 0. The van der Waals surface area contributed by atoms with Crippen LogP contribution in [-0.2, 0) is 27.6 Å². The van der Waals surface area contributed by atoms with Crippen LogP contribution in [0.25, 0.3) is 0 Å². The van der Waals surface area contributed by atoms with Gasteiger partial charge in [-0.1, -0.05) is 0 Å². The van der Waals surface area contributed by atoms with Crippen molar-refractivity contribution in [2.24, 2.45) is 0 Å². The highest BCUT2D eigenvalue weighted by atomic mass is 32.2. The average molecular weight is 380 g/mol. The fraction of sp³-hybridized carbons (Fsp3) is 0.250. The van der Waals surface area contributed by atoms with Crippen molar-refractivity contribution in [2.75, 3.05) is 7.11 Å². The number of sulfonamides is 1. The molecule has 1 amide bonds. The first-order chi connectivity index (χ1) is 11.9. The number of carbonyl (C=O) groups excluding carboxylic acids is 2. The van der Waals surface area contributed by atoms with E-state index in [1.807, 2.05) is 6.07 Å². The van der Waals surface area contributed by atoms with Crippen LogP contribution in [0.5, 0.6) is 0 Å². The van der Waals surface area contributed by atoms with E-state index in [2.05, 4.69) is 15.0 Å². The van der Waals surface area contributed by atoms with E-state index in [1.54, 1.807) is 0 Å². The zero-order chi connectivity index (χ0) is 18.0. The third-order valence-corrected chi connectivity index (χ3v) is 6.35. The molecule has 3 rings (SSSR count). The number of amides is 1. The topological polar surface area (TPSA) is 102 Å². The number of thiophene rings is 1. The van der Waals surface area contributed by atoms with Crippen LogP contribution < -0.4 is 10.3 Å². The molecule has 7 nitrogen and oxygen atoms in total. The van der Waals surface area contributed by atoms with E-state index < -0.39 is 21.9 Å². The molecule has 0 fully saturated rings. The summed E-state index contributed by atoms with van der Waals surface area (Å²) in [6.45, 7) is 0. The maximum absolute atomic E-state index is 12.2. The van der Waals surface area contributed by atoms with Gasteiger partial charge in [0.05, 0.1) is 22.4 Å². The molecule has 2 N–H and O–H groups in total. The van der Waals surface area contributed by atoms with E-state index in [0.717, 1.165) is 24.8 Å². The van der Waals surface area contributed by atoms with Crippen molar-refractivity contribution in [3.05, 3.63) is 51.2 Å². The van der Waals surface area contributed by atoms with Crippen LogP contribution in [0.3, 0.4) is 0 Å². The molecule has 0 aliphatic heterocycles. The lowest BCUT2D eigenvalue weighted by atomic mass is 10.2. The first-order valence-corrected chi connectivity index (χ1v) is 9.83. The quantitative estimate of drug-likeness (QED) is 0.607. The van der Waals surface area contributed by atoms with E-state index in [9.17, 15) is 18.0 Å². The minimum atomic E-state index is -3.94. The van der Waals surface area contributed by atoms with Gasteiger partial charge in [-0.05, 0) is 55.2 Å². The second kappa shape index (κ2) is 6.95. The lowest BCUT2D eigenvalue weighted by Crippen LogP contribution is -2.41. The van der Waals surface area contributed by atoms with Gasteiger partial charge in [-0.25, -0.2) is 13.2 Å². The van der Waals surface area contributed by atoms with Crippen molar-refractivity contribution in [3.63, 3.8) is 0 Å². The van der Waals surface area contributed by atoms with Crippen molar-refractivity contribution >= 4 is 33.2 Å². The van der Waals surface area contributed by atoms with E-state index in [-0.39, 0.29) is 10.5 Å². The molecule has 0 saturated carbocycles. The Balaban J connectivity index is 1.66. The molecule has 25 heavy (non-hydrogen) atoms. The summed E-state index contributed by atoms with van der Waals surface area (Å²) >= 11 is 1.39. The second-order valence-electron chi connectivity index (χ2n) is 5.49. The monoisotopic (exact) mass is 380 g/mol. The summed E-state index contributed by atoms with van der Waals surface area (Å²) in [6, 6.07) is 7.01. The number of hydrogen-bond acceptors (Lipinski definition) is 6. The van der Waals surface area contributed by atoms with E-state index in [0.29, 0.717) is 4.88 Å². The lowest BCUT2D eigenvalue weighted by molar-refractivity contribution is 0.0600. The van der Waals surface area contributed by atoms with Crippen LogP contribution in [0.2, 0.25) is 0 Å². The van der Waals surface area contributed by atoms with Gasteiger partial charge in [0, 0.05) is 4.88 Å². The molecule has 132 valence electrons. The first-order valence-electron chi connectivity index (χ1n) is 7.53. The maximum atomic E-state index is 12.2. The number of hydrazine groups is 1. The van der Waals surface area contributed by atoms with Crippen molar-refractivity contribution in [1.29, 1.82) is 0 Å². The Hall–Kier alpha value is -2.23. The Kier molecular flexibility index (Phi) is 4.89. The van der Waals surface area contributed by atoms with Gasteiger partial charge in [0.1, 0.15) is 0 Å². The highest BCUT2D eigenvalue weighted by molar-refractivity contribution is 7.89. The molecular formula is C16H16N2O5S2. The van der Waals surface area contributed by atoms with Crippen LogP contribution in [0, 0.1) is 0 Å². The van der Waals surface area contributed by atoms with Crippen LogP contribution >= 0.6 is 11.3 Å². The van der Waals surface area contributed by atoms with Crippen molar-refractivity contribution in [2.45, 2.75) is 24.2 Å². The van der Waals surface area contributed by atoms with Gasteiger partial charge in [0.15, 0.2) is 0 Å². The smallest absolute Gasteiger partial charge is 0.337 e. The number of nitrogens with one attached hydrogen (secondary N) is 2. The number of esters is 1. The zero-order valence-corrected chi connectivity index (χ0v) is 15.0. The molecule has 0 atom stereocenters. The third-order valence-electron chi connectivity index (χ3n) is 3.86. The first kappa shape index (κ1) is 17.6. The number of fused-ring (bicyclic) bond motifs is 1. The molecule has 0 bridgehead atoms. The van der Waals surface area contributed by atoms with Crippen LogP contribution in [0.1, 0.15) is 36.9 Å². The molecule has 2 aromatic rings. The molecule has 9 heteroatoms. The third kappa shape index (κ3) is 3.73. The summed E-state index contributed by atoms with van der Waals surface area (Å²) in [5.74, 6) is -1.05. The van der Waals surface area contributed by atoms with Gasteiger partial charge >= 0.3 is 5.97 Å². The predicted molar refractivity (Wildman–Crippen MR) is 91.9 cm³/mol. The molecular weight excluding hydrogens is 364 g/mol. The SMILES string of the molecule is COC(=O)c1ccc(S(=O)(=O)NNC(=O)c2cc3c(s2)CCC3)cc1. The highest BCUT2D eigenvalue weighted by Gasteiger charge is 2.20. The average Bonchev–Trinajstić information content (AvgIpc) is 3.21. The standard InChI is InChI=1S/C16H16N2O5S2/c1-23-16(20)10-5-7-12(8-6-10)25(21,22)18-17-15(19)14-9-11-3-2-4-13(11)24-14/h5-9,18H,2-4H2,1H3,(H,17,19). The predicted octanol–water partition coefficient (Wildman–Crippen LogP) is 1.65. The Morgan fingerprint density at radius 3 is 2.52 bits per heavy atom. The molecule has 0 unspecified atom stereocenters. The molecule has 1 aromatic heterocycles. The number of methoxy groups -OCH3 is 1. The van der Waals surface area contributed by atoms with Crippen LogP contribution in [-0.4, -0.2) is 27.4 Å². The molecule has 1 aliphatic rings. The van der Waals surface area contributed by atoms with Gasteiger partial charge in [0.25, 0.3) is 15.9 Å².